The Balaban J connectivity index is 2.21. The van der Waals surface area contributed by atoms with Crippen molar-refractivity contribution < 1.29 is 0 Å². The van der Waals surface area contributed by atoms with Crippen molar-refractivity contribution in [2.45, 2.75) is 26.3 Å². The zero-order valence-corrected chi connectivity index (χ0v) is 11.6. The maximum absolute atomic E-state index is 4.31. The molecule has 0 fully saturated rings. The van der Waals surface area contributed by atoms with E-state index in [9.17, 15) is 0 Å². The van der Waals surface area contributed by atoms with Gasteiger partial charge in [0.2, 0.25) is 0 Å². The van der Waals surface area contributed by atoms with Gasteiger partial charge in [-0.3, -0.25) is 4.68 Å². The smallest absolute Gasteiger partial charge is 0.148 e. The highest BCUT2D eigenvalue weighted by molar-refractivity contribution is 9.10. The van der Waals surface area contributed by atoms with E-state index < -0.39 is 0 Å². The van der Waals surface area contributed by atoms with Crippen molar-refractivity contribution in [2.75, 3.05) is 5.32 Å². The average Bonchev–Trinajstić information content (AvgIpc) is 2.69. The lowest BCUT2D eigenvalue weighted by Gasteiger charge is -2.18. The first-order chi connectivity index (χ1) is 7.97. The molecule has 0 aromatic carbocycles. The van der Waals surface area contributed by atoms with Crippen molar-refractivity contribution in [3.05, 3.63) is 29.4 Å². The van der Waals surface area contributed by atoms with Crippen LogP contribution in [0.3, 0.4) is 0 Å². The second kappa shape index (κ2) is 4.44. The molecule has 2 rings (SSSR count). The Morgan fingerprint density at radius 3 is 2.65 bits per heavy atom. The maximum Gasteiger partial charge on any atom is 0.148 e. The van der Waals surface area contributed by atoms with E-state index in [1.54, 1.807) is 12.4 Å². The largest absolute Gasteiger partial charge is 0.337 e. The van der Waals surface area contributed by atoms with Crippen LogP contribution in [-0.4, -0.2) is 19.7 Å². The summed E-state index contributed by atoms with van der Waals surface area (Å²) in [5, 5.41) is 7.49. The minimum Gasteiger partial charge on any atom is -0.337 e. The van der Waals surface area contributed by atoms with Crippen LogP contribution >= 0.6 is 15.9 Å². The zero-order chi connectivity index (χ0) is 12.5. The van der Waals surface area contributed by atoms with Crippen LogP contribution in [0.5, 0.6) is 0 Å². The molecule has 0 unspecified atom stereocenters. The molecule has 0 atom stereocenters. The van der Waals surface area contributed by atoms with Crippen LogP contribution in [0, 0.1) is 0 Å². The summed E-state index contributed by atoms with van der Waals surface area (Å²) >= 11 is 3.39. The van der Waals surface area contributed by atoms with Crippen LogP contribution < -0.4 is 5.32 Å². The van der Waals surface area contributed by atoms with Crippen LogP contribution in [-0.2, 0) is 5.54 Å². The summed E-state index contributed by atoms with van der Waals surface area (Å²) in [6.45, 7) is 6.30. The summed E-state index contributed by atoms with van der Waals surface area (Å²) in [6.07, 6.45) is 6.93. The fourth-order valence-electron chi connectivity index (χ4n) is 1.30. The van der Waals surface area contributed by atoms with E-state index in [1.807, 2.05) is 10.9 Å². The average molecular weight is 296 g/mol. The molecule has 5 nitrogen and oxygen atoms in total. The van der Waals surface area contributed by atoms with Crippen molar-refractivity contribution in [3.63, 3.8) is 0 Å². The molecule has 0 saturated heterocycles. The first-order valence-electron chi connectivity index (χ1n) is 5.24. The molecule has 2 aromatic rings. The molecule has 0 aliphatic carbocycles. The molecule has 2 heterocycles. The van der Waals surface area contributed by atoms with Crippen LogP contribution in [0.15, 0.2) is 29.4 Å². The third-order valence-corrected chi connectivity index (χ3v) is 2.78. The summed E-state index contributed by atoms with van der Waals surface area (Å²) in [5.74, 6) is 0.730. The highest BCUT2D eigenvalue weighted by Crippen LogP contribution is 2.23. The molecular formula is C11H14BrN5. The van der Waals surface area contributed by atoms with Crippen molar-refractivity contribution in [1.82, 2.24) is 19.7 Å². The van der Waals surface area contributed by atoms with Gasteiger partial charge < -0.3 is 5.32 Å². The monoisotopic (exact) mass is 295 g/mol. The number of anilines is 2. The third-order valence-electron chi connectivity index (χ3n) is 2.20. The minimum absolute atomic E-state index is 0.0250. The number of nitrogens with zero attached hydrogens (tertiary/aromatic N) is 4. The van der Waals surface area contributed by atoms with Crippen LogP contribution in [0.4, 0.5) is 11.5 Å². The molecular weight excluding hydrogens is 282 g/mol. The lowest BCUT2D eigenvalue weighted by atomic mass is 10.1. The summed E-state index contributed by atoms with van der Waals surface area (Å²) in [4.78, 5) is 8.05. The SMILES string of the molecule is CC(C)(C)n1cc(Nc2ncncc2Br)cn1. The van der Waals surface area contributed by atoms with E-state index in [4.69, 9.17) is 0 Å². The molecule has 0 radical (unpaired) electrons. The highest BCUT2D eigenvalue weighted by atomic mass is 79.9. The Bertz CT molecular complexity index is 515. The van der Waals surface area contributed by atoms with Gasteiger partial charge in [-0.2, -0.15) is 5.10 Å². The lowest BCUT2D eigenvalue weighted by Crippen LogP contribution is -2.21. The Kier molecular flexibility index (Phi) is 3.15. The standard InChI is InChI=1S/C11H14BrN5/c1-11(2,3)17-6-8(4-15-17)16-10-9(12)5-13-7-14-10/h4-7H,1-3H3,(H,13,14,16). The van der Waals surface area contributed by atoms with Crippen molar-refractivity contribution in [3.8, 4) is 0 Å². The predicted octanol–water partition coefficient (Wildman–Crippen LogP) is 2.93. The molecule has 0 spiro atoms. The highest BCUT2D eigenvalue weighted by Gasteiger charge is 2.14. The number of halogens is 1. The second-order valence-electron chi connectivity index (χ2n) is 4.69. The van der Waals surface area contributed by atoms with E-state index >= 15 is 0 Å². The molecule has 17 heavy (non-hydrogen) atoms. The number of hydrogen-bond donors (Lipinski definition) is 1. The Hall–Kier alpha value is -1.43. The first kappa shape index (κ1) is 12.0. The third kappa shape index (κ3) is 2.82. The second-order valence-corrected chi connectivity index (χ2v) is 5.54. The molecule has 0 bridgehead atoms. The predicted molar refractivity (Wildman–Crippen MR) is 70.2 cm³/mol. The van der Waals surface area contributed by atoms with Gasteiger partial charge in [-0.05, 0) is 36.7 Å². The summed E-state index contributed by atoms with van der Waals surface area (Å²) in [6, 6.07) is 0. The normalized spacial score (nSPS) is 11.5. The number of rotatable bonds is 2. The zero-order valence-electron chi connectivity index (χ0n) is 9.98. The van der Waals surface area contributed by atoms with Gasteiger partial charge in [-0.25, -0.2) is 9.97 Å². The molecule has 0 aliphatic heterocycles. The van der Waals surface area contributed by atoms with Crippen LogP contribution in [0.1, 0.15) is 20.8 Å². The molecule has 0 saturated carbocycles. The number of aromatic nitrogens is 4. The molecule has 1 N–H and O–H groups in total. The molecule has 90 valence electrons. The Morgan fingerprint density at radius 2 is 2.06 bits per heavy atom. The molecule has 0 amide bonds. The van der Waals surface area contributed by atoms with Gasteiger partial charge in [0.25, 0.3) is 0 Å². The molecule has 0 aliphatic rings. The van der Waals surface area contributed by atoms with Crippen molar-refractivity contribution in [2.24, 2.45) is 0 Å². The van der Waals surface area contributed by atoms with E-state index in [0.29, 0.717) is 0 Å². The Labute approximate surface area is 108 Å². The summed E-state index contributed by atoms with van der Waals surface area (Å²) in [5.41, 5.74) is 0.877. The lowest BCUT2D eigenvalue weighted by molar-refractivity contribution is 0.355. The van der Waals surface area contributed by atoms with Gasteiger partial charge in [-0.1, -0.05) is 0 Å². The number of nitrogens with one attached hydrogen (secondary N) is 1. The van der Waals surface area contributed by atoms with Crippen LogP contribution in [0.25, 0.3) is 0 Å². The van der Waals surface area contributed by atoms with E-state index in [2.05, 4.69) is 57.1 Å². The van der Waals surface area contributed by atoms with E-state index in [1.165, 1.54) is 6.33 Å². The minimum atomic E-state index is -0.0250. The fourth-order valence-corrected chi connectivity index (χ4v) is 1.62. The van der Waals surface area contributed by atoms with Gasteiger partial charge in [0, 0.05) is 12.4 Å². The van der Waals surface area contributed by atoms with Gasteiger partial charge in [0.15, 0.2) is 0 Å². The van der Waals surface area contributed by atoms with Gasteiger partial charge >= 0.3 is 0 Å². The summed E-state index contributed by atoms with van der Waals surface area (Å²) in [7, 11) is 0. The van der Waals surface area contributed by atoms with Gasteiger partial charge in [-0.15, -0.1) is 0 Å². The topological polar surface area (TPSA) is 55.6 Å². The molecule has 2 aromatic heterocycles. The van der Waals surface area contributed by atoms with Crippen molar-refractivity contribution in [1.29, 1.82) is 0 Å². The molecule has 6 heteroatoms. The van der Waals surface area contributed by atoms with E-state index in [0.717, 1.165) is 16.0 Å². The quantitative estimate of drug-likeness (QED) is 0.925. The maximum atomic E-state index is 4.31. The van der Waals surface area contributed by atoms with E-state index in [-0.39, 0.29) is 5.54 Å². The Morgan fingerprint density at radius 1 is 1.29 bits per heavy atom. The van der Waals surface area contributed by atoms with Crippen molar-refractivity contribution >= 4 is 27.4 Å². The first-order valence-corrected chi connectivity index (χ1v) is 6.04. The summed E-state index contributed by atoms with van der Waals surface area (Å²) < 4.78 is 2.73. The van der Waals surface area contributed by atoms with Crippen LogP contribution in [0.2, 0.25) is 0 Å². The van der Waals surface area contributed by atoms with Gasteiger partial charge in [0.1, 0.15) is 12.1 Å². The fraction of sp³-hybridized carbons (Fsp3) is 0.364. The number of hydrogen-bond acceptors (Lipinski definition) is 4. The van der Waals surface area contributed by atoms with Gasteiger partial charge in [0.05, 0.1) is 21.9 Å².